The number of amides is 1. The monoisotopic (exact) mass is 407 g/mol. The molecule has 1 fully saturated rings. The number of ether oxygens (including phenoxy) is 1. The van der Waals surface area contributed by atoms with Crippen molar-refractivity contribution in [2.75, 3.05) is 55.5 Å². The molecule has 1 aliphatic rings. The minimum Gasteiger partial charge on any atom is -0.378 e. The smallest absolute Gasteiger partial charge is 0.259 e. The van der Waals surface area contributed by atoms with Crippen LogP contribution in [0.15, 0.2) is 42.7 Å². The van der Waals surface area contributed by atoms with Crippen LogP contribution in [0.2, 0.25) is 0 Å². The van der Waals surface area contributed by atoms with Gasteiger partial charge in [0.15, 0.2) is 5.82 Å². The van der Waals surface area contributed by atoms with Gasteiger partial charge in [-0.05, 0) is 19.1 Å². The zero-order valence-corrected chi connectivity index (χ0v) is 17.4. The van der Waals surface area contributed by atoms with Crippen LogP contribution in [0.3, 0.4) is 0 Å². The van der Waals surface area contributed by atoms with E-state index in [1.807, 2.05) is 56.3 Å². The first-order valence-corrected chi connectivity index (χ1v) is 9.83. The summed E-state index contributed by atoms with van der Waals surface area (Å²) >= 11 is 0. The number of carbonyl (C=O) groups excluding carboxylic acids is 1. The van der Waals surface area contributed by atoms with E-state index >= 15 is 0 Å². The Labute approximate surface area is 175 Å². The molecule has 30 heavy (non-hydrogen) atoms. The van der Waals surface area contributed by atoms with Crippen LogP contribution < -0.4 is 15.1 Å². The number of hydrogen-bond donors (Lipinski definition) is 1. The second-order valence-electron chi connectivity index (χ2n) is 7.25. The van der Waals surface area contributed by atoms with E-state index < -0.39 is 0 Å². The first-order valence-electron chi connectivity index (χ1n) is 9.83. The van der Waals surface area contributed by atoms with Crippen LogP contribution in [0.1, 0.15) is 16.1 Å². The number of rotatable bonds is 5. The number of benzene rings is 1. The third kappa shape index (κ3) is 3.97. The fourth-order valence-corrected chi connectivity index (χ4v) is 3.36. The second-order valence-corrected chi connectivity index (χ2v) is 7.25. The molecule has 2 aromatic heterocycles. The lowest BCUT2D eigenvalue weighted by molar-refractivity contribution is 0.102. The Hall–Kier alpha value is -3.46. The molecule has 1 aromatic carbocycles. The van der Waals surface area contributed by atoms with Gasteiger partial charge in [-0.1, -0.05) is 18.2 Å². The maximum atomic E-state index is 13.0. The lowest BCUT2D eigenvalue weighted by Gasteiger charge is -2.28. The Morgan fingerprint density at radius 2 is 1.87 bits per heavy atom. The molecule has 1 amide bonds. The molecule has 3 aromatic rings. The Balaban J connectivity index is 1.58. The van der Waals surface area contributed by atoms with Crippen molar-refractivity contribution in [3.05, 3.63) is 54.0 Å². The van der Waals surface area contributed by atoms with Gasteiger partial charge in [-0.3, -0.25) is 4.79 Å². The normalized spacial score (nSPS) is 13.9. The van der Waals surface area contributed by atoms with Crippen LogP contribution in [-0.4, -0.2) is 66.1 Å². The van der Waals surface area contributed by atoms with E-state index in [0.29, 0.717) is 36.2 Å². The number of hydrogen-bond acceptors (Lipinski definition) is 7. The molecule has 0 spiro atoms. The van der Waals surface area contributed by atoms with Crippen LogP contribution in [0.25, 0.3) is 5.69 Å². The van der Waals surface area contributed by atoms with Crippen LogP contribution >= 0.6 is 0 Å². The van der Waals surface area contributed by atoms with E-state index in [9.17, 15) is 4.79 Å². The molecule has 4 rings (SSSR count). The van der Waals surface area contributed by atoms with Crippen LogP contribution in [0.5, 0.6) is 0 Å². The molecule has 0 atom stereocenters. The Morgan fingerprint density at radius 3 is 2.57 bits per heavy atom. The molecule has 0 unspecified atom stereocenters. The van der Waals surface area contributed by atoms with Gasteiger partial charge in [0.25, 0.3) is 5.91 Å². The minimum atomic E-state index is -0.250. The molecule has 156 valence electrons. The largest absolute Gasteiger partial charge is 0.378 e. The summed E-state index contributed by atoms with van der Waals surface area (Å²) < 4.78 is 7.15. The first kappa shape index (κ1) is 19.8. The summed E-state index contributed by atoms with van der Waals surface area (Å²) in [4.78, 5) is 26.0. The molecule has 0 saturated carbocycles. The number of aromatic nitrogens is 4. The Bertz CT molecular complexity index is 1030. The van der Waals surface area contributed by atoms with E-state index in [-0.39, 0.29) is 5.91 Å². The standard InChI is InChI=1S/C21H25N7O2/c1-15-17(13-23-28(15)16-7-5-4-6-8-16)20(29)24-18-14-22-21(25-19(18)26(2)3)27-9-11-30-12-10-27/h4-8,13-14H,9-12H2,1-3H3,(H,24,29). The maximum absolute atomic E-state index is 13.0. The fourth-order valence-electron chi connectivity index (χ4n) is 3.36. The van der Waals surface area contributed by atoms with Gasteiger partial charge in [-0.25, -0.2) is 9.67 Å². The van der Waals surface area contributed by atoms with Crippen molar-refractivity contribution in [3.63, 3.8) is 0 Å². The number of nitrogens with one attached hydrogen (secondary N) is 1. The predicted molar refractivity (Wildman–Crippen MR) is 116 cm³/mol. The molecule has 0 bridgehead atoms. The lowest BCUT2D eigenvalue weighted by atomic mass is 10.2. The highest BCUT2D eigenvalue weighted by Gasteiger charge is 2.20. The van der Waals surface area contributed by atoms with Crippen LogP contribution in [0, 0.1) is 6.92 Å². The average molecular weight is 407 g/mol. The molecular weight excluding hydrogens is 382 g/mol. The maximum Gasteiger partial charge on any atom is 0.259 e. The van der Waals surface area contributed by atoms with E-state index in [0.717, 1.165) is 24.5 Å². The molecule has 1 aliphatic heterocycles. The highest BCUT2D eigenvalue weighted by atomic mass is 16.5. The molecule has 3 heterocycles. The van der Waals surface area contributed by atoms with Crippen LogP contribution in [-0.2, 0) is 4.74 Å². The summed E-state index contributed by atoms with van der Waals surface area (Å²) in [6.07, 6.45) is 3.23. The molecular formula is C21H25N7O2. The highest BCUT2D eigenvalue weighted by Crippen LogP contribution is 2.25. The second kappa shape index (κ2) is 8.50. The van der Waals surface area contributed by atoms with E-state index in [1.165, 1.54) is 0 Å². The van der Waals surface area contributed by atoms with E-state index in [1.54, 1.807) is 17.1 Å². The summed E-state index contributed by atoms with van der Waals surface area (Å²) in [6, 6.07) is 9.72. The van der Waals surface area contributed by atoms with Gasteiger partial charge in [-0.15, -0.1) is 0 Å². The summed E-state index contributed by atoms with van der Waals surface area (Å²) in [5, 5.41) is 7.32. The number of para-hydroxylation sites is 1. The molecule has 0 aliphatic carbocycles. The molecule has 1 N–H and O–H groups in total. The zero-order chi connectivity index (χ0) is 21.1. The number of anilines is 3. The van der Waals surface area contributed by atoms with Gasteiger partial charge in [0.05, 0.1) is 42.6 Å². The van der Waals surface area contributed by atoms with Gasteiger partial charge in [0.2, 0.25) is 5.95 Å². The van der Waals surface area contributed by atoms with E-state index in [4.69, 9.17) is 4.74 Å². The van der Waals surface area contributed by atoms with Gasteiger partial charge < -0.3 is 19.9 Å². The van der Waals surface area contributed by atoms with Gasteiger partial charge in [0, 0.05) is 27.2 Å². The third-order valence-corrected chi connectivity index (χ3v) is 4.98. The molecule has 9 heteroatoms. The molecule has 9 nitrogen and oxygen atoms in total. The predicted octanol–water partition coefficient (Wildman–Crippen LogP) is 2.13. The molecule has 0 radical (unpaired) electrons. The number of morpholine rings is 1. The SMILES string of the molecule is Cc1c(C(=O)Nc2cnc(N3CCOCC3)nc2N(C)C)cnn1-c1ccccc1. The van der Waals surface area contributed by atoms with Crippen molar-refractivity contribution in [1.82, 2.24) is 19.7 Å². The minimum absolute atomic E-state index is 0.250. The van der Waals surface area contributed by atoms with Crippen molar-refractivity contribution in [2.45, 2.75) is 6.92 Å². The highest BCUT2D eigenvalue weighted by molar-refractivity contribution is 6.06. The van der Waals surface area contributed by atoms with Crippen molar-refractivity contribution in [1.29, 1.82) is 0 Å². The van der Waals surface area contributed by atoms with Crippen molar-refractivity contribution in [3.8, 4) is 5.69 Å². The Kier molecular flexibility index (Phi) is 5.62. The van der Waals surface area contributed by atoms with Gasteiger partial charge in [-0.2, -0.15) is 10.1 Å². The summed E-state index contributed by atoms with van der Waals surface area (Å²) in [5.41, 5.74) is 2.71. The van der Waals surface area contributed by atoms with Crippen molar-refractivity contribution in [2.24, 2.45) is 0 Å². The van der Waals surface area contributed by atoms with Gasteiger partial charge in [0.1, 0.15) is 5.69 Å². The Morgan fingerprint density at radius 1 is 1.13 bits per heavy atom. The zero-order valence-electron chi connectivity index (χ0n) is 17.4. The lowest BCUT2D eigenvalue weighted by Crippen LogP contribution is -2.37. The molecule has 1 saturated heterocycles. The summed E-state index contributed by atoms with van der Waals surface area (Å²) in [6.45, 7) is 4.68. The fraction of sp³-hybridized carbons (Fsp3) is 0.333. The third-order valence-electron chi connectivity index (χ3n) is 4.98. The number of carbonyl (C=O) groups is 1. The van der Waals surface area contributed by atoms with Gasteiger partial charge >= 0.3 is 0 Å². The quantitative estimate of drug-likeness (QED) is 0.693. The van der Waals surface area contributed by atoms with E-state index in [2.05, 4.69) is 25.3 Å². The summed E-state index contributed by atoms with van der Waals surface area (Å²) in [5.74, 6) is 1.03. The van der Waals surface area contributed by atoms with Crippen LogP contribution in [0.4, 0.5) is 17.5 Å². The average Bonchev–Trinajstić information content (AvgIpc) is 3.16. The number of nitrogens with zero attached hydrogens (tertiary/aromatic N) is 6. The first-order chi connectivity index (χ1) is 14.5. The topological polar surface area (TPSA) is 88.4 Å². The summed E-state index contributed by atoms with van der Waals surface area (Å²) in [7, 11) is 3.78. The van der Waals surface area contributed by atoms with Crippen molar-refractivity contribution >= 4 is 23.4 Å². The van der Waals surface area contributed by atoms with Crippen molar-refractivity contribution < 1.29 is 9.53 Å².